The van der Waals surface area contributed by atoms with Crippen LogP contribution in [0.3, 0.4) is 0 Å². The van der Waals surface area contributed by atoms with Gasteiger partial charge in [-0.05, 0) is 44.4 Å². The number of hydrogen-bond acceptors (Lipinski definition) is 1. The second-order valence-corrected chi connectivity index (χ2v) is 6.51. The van der Waals surface area contributed by atoms with Gasteiger partial charge in [-0.3, -0.25) is 4.79 Å². The minimum Gasteiger partial charge on any atom is -0.336 e. The quantitative estimate of drug-likeness (QED) is 0.745. The average Bonchev–Trinajstić information content (AvgIpc) is 2.30. The molecule has 18 heavy (non-hydrogen) atoms. The third kappa shape index (κ3) is 3.15. The second-order valence-electron chi connectivity index (χ2n) is 6.51. The molecule has 0 bridgehead atoms. The fourth-order valence-corrected chi connectivity index (χ4v) is 3.58. The highest BCUT2D eigenvalue weighted by atomic mass is 16.2. The van der Waals surface area contributed by atoms with E-state index in [9.17, 15) is 4.79 Å². The van der Waals surface area contributed by atoms with Crippen LogP contribution in [0.4, 0.5) is 0 Å². The van der Waals surface area contributed by atoms with E-state index in [1.807, 2.05) is 6.08 Å². The SMILES string of the molecule is CC1=CC(=O)N(C2CCCCC2CC(C)C)CC1. The van der Waals surface area contributed by atoms with E-state index in [0.29, 0.717) is 6.04 Å². The van der Waals surface area contributed by atoms with Gasteiger partial charge in [0.15, 0.2) is 0 Å². The molecule has 1 saturated carbocycles. The number of rotatable bonds is 3. The molecule has 0 saturated heterocycles. The minimum absolute atomic E-state index is 0.263. The molecule has 2 rings (SSSR count). The molecule has 0 aromatic heterocycles. The van der Waals surface area contributed by atoms with E-state index in [1.54, 1.807) is 0 Å². The molecule has 2 unspecified atom stereocenters. The Labute approximate surface area is 111 Å². The lowest BCUT2D eigenvalue weighted by atomic mass is 9.78. The molecule has 0 aromatic rings. The fraction of sp³-hybridized carbons (Fsp3) is 0.812. The second kappa shape index (κ2) is 5.90. The molecule has 1 amide bonds. The Hall–Kier alpha value is -0.790. The van der Waals surface area contributed by atoms with Crippen molar-refractivity contribution in [1.82, 2.24) is 4.90 Å². The van der Waals surface area contributed by atoms with Crippen molar-refractivity contribution in [3.05, 3.63) is 11.6 Å². The smallest absolute Gasteiger partial charge is 0.246 e. The number of hydrogen-bond donors (Lipinski definition) is 0. The predicted molar refractivity (Wildman–Crippen MR) is 75.3 cm³/mol. The Morgan fingerprint density at radius 2 is 2.06 bits per heavy atom. The van der Waals surface area contributed by atoms with Gasteiger partial charge < -0.3 is 4.90 Å². The molecule has 2 nitrogen and oxygen atoms in total. The molecule has 0 N–H and O–H groups in total. The number of carbonyl (C=O) groups is 1. The van der Waals surface area contributed by atoms with E-state index < -0.39 is 0 Å². The van der Waals surface area contributed by atoms with Crippen molar-refractivity contribution in [1.29, 1.82) is 0 Å². The van der Waals surface area contributed by atoms with Crippen LogP contribution in [-0.2, 0) is 4.79 Å². The molecule has 0 spiro atoms. The minimum atomic E-state index is 0.263. The Morgan fingerprint density at radius 1 is 1.33 bits per heavy atom. The third-order valence-corrected chi connectivity index (χ3v) is 4.44. The summed E-state index contributed by atoms with van der Waals surface area (Å²) in [6.45, 7) is 7.61. The summed E-state index contributed by atoms with van der Waals surface area (Å²) in [6.07, 6.45) is 9.38. The summed E-state index contributed by atoms with van der Waals surface area (Å²) < 4.78 is 0. The van der Waals surface area contributed by atoms with E-state index in [0.717, 1.165) is 24.8 Å². The number of nitrogens with zero attached hydrogens (tertiary/aromatic N) is 1. The van der Waals surface area contributed by atoms with Crippen molar-refractivity contribution >= 4 is 5.91 Å². The molecule has 1 aliphatic heterocycles. The van der Waals surface area contributed by atoms with Gasteiger partial charge in [0.1, 0.15) is 0 Å². The highest BCUT2D eigenvalue weighted by Gasteiger charge is 2.33. The van der Waals surface area contributed by atoms with Gasteiger partial charge in [0.05, 0.1) is 0 Å². The Morgan fingerprint density at radius 3 is 2.72 bits per heavy atom. The van der Waals surface area contributed by atoms with Gasteiger partial charge >= 0.3 is 0 Å². The van der Waals surface area contributed by atoms with Crippen LogP contribution < -0.4 is 0 Å². The van der Waals surface area contributed by atoms with Crippen LogP contribution >= 0.6 is 0 Å². The first-order valence-electron chi connectivity index (χ1n) is 7.55. The molecule has 2 atom stereocenters. The van der Waals surface area contributed by atoms with Crippen molar-refractivity contribution in [3.63, 3.8) is 0 Å². The van der Waals surface area contributed by atoms with E-state index in [1.165, 1.54) is 37.7 Å². The number of amides is 1. The lowest BCUT2D eigenvalue weighted by Gasteiger charge is -2.41. The van der Waals surface area contributed by atoms with Crippen LogP contribution in [0.1, 0.15) is 59.3 Å². The molecule has 0 radical (unpaired) electrons. The van der Waals surface area contributed by atoms with E-state index in [2.05, 4.69) is 25.7 Å². The maximum atomic E-state index is 12.2. The van der Waals surface area contributed by atoms with Crippen LogP contribution in [-0.4, -0.2) is 23.4 Å². The van der Waals surface area contributed by atoms with Crippen molar-refractivity contribution in [2.45, 2.75) is 65.3 Å². The average molecular weight is 249 g/mol. The van der Waals surface area contributed by atoms with Crippen LogP contribution in [0.25, 0.3) is 0 Å². The zero-order valence-corrected chi connectivity index (χ0v) is 12.1. The molecular weight excluding hydrogens is 222 g/mol. The fourth-order valence-electron chi connectivity index (χ4n) is 3.58. The first kappa shape index (κ1) is 13.6. The standard InChI is InChI=1S/C16H27NO/c1-12(2)10-14-6-4-5-7-15(14)17-9-8-13(3)11-16(17)18/h11-12,14-15H,4-10H2,1-3H3. The van der Waals surface area contributed by atoms with Crippen molar-refractivity contribution in [2.24, 2.45) is 11.8 Å². The van der Waals surface area contributed by atoms with Crippen LogP contribution in [0.15, 0.2) is 11.6 Å². The molecule has 2 heteroatoms. The molecule has 0 aromatic carbocycles. The third-order valence-electron chi connectivity index (χ3n) is 4.44. The van der Waals surface area contributed by atoms with Gasteiger partial charge in [-0.15, -0.1) is 0 Å². The van der Waals surface area contributed by atoms with Crippen molar-refractivity contribution in [3.8, 4) is 0 Å². The molecular formula is C16H27NO. The van der Waals surface area contributed by atoms with E-state index in [4.69, 9.17) is 0 Å². The van der Waals surface area contributed by atoms with Gasteiger partial charge in [-0.25, -0.2) is 0 Å². The summed E-state index contributed by atoms with van der Waals surface area (Å²) in [5, 5.41) is 0. The largest absolute Gasteiger partial charge is 0.336 e. The normalized spacial score (nSPS) is 29.7. The highest BCUT2D eigenvalue weighted by molar-refractivity contribution is 5.89. The summed E-state index contributed by atoms with van der Waals surface area (Å²) >= 11 is 0. The van der Waals surface area contributed by atoms with E-state index in [-0.39, 0.29) is 5.91 Å². The summed E-state index contributed by atoms with van der Waals surface area (Å²) in [5.74, 6) is 1.74. The van der Waals surface area contributed by atoms with Crippen molar-refractivity contribution in [2.75, 3.05) is 6.54 Å². The Kier molecular flexibility index (Phi) is 4.47. The zero-order chi connectivity index (χ0) is 13.1. The monoisotopic (exact) mass is 249 g/mol. The van der Waals surface area contributed by atoms with Gasteiger partial charge in [-0.2, -0.15) is 0 Å². The molecule has 2 aliphatic rings. The van der Waals surface area contributed by atoms with Crippen LogP contribution in [0.5, 0.6) is 0 Å². The lowest BCUT2D eigenvalue weighted by Crippen LogP contribution is -2.47. The van der Waals surface area contributed by atoms with E-state index >= 15 is 0 Å². The maximum Gasteiger partial charge on any atom is 0.246 e. The van der Waals surface area contributed by atoms with Crippen LogP contribution in [0, 0.1) is 11.8 Å². The summed E-state index contributed by atoms with van der Waals surface area (Å²) in [6, 6.07) is 0.512. The molecule has 1 heterocycles. The number of carbonyl (C=O) groups excluding carboxylic acids is 1. The summed E-state index contributed by atoms with van der Waals surface area (Å²) in [5.41, 5.74) is 1.24. The zero-order valence-electron chi connectivity index (χ0n) is 12.1. The van der Waals surface area contributed by atoms with Crippen molar-refractivity contribution < 1.29 is 4.79 Å². The van der Waals surface area contributed by atoms with Crippen LogP contribution in [0.2, 0.25) is 0 Å². The first-order valence-corrected chi connectivity index (χ1v) is 7.55. The topological polar surface area (TPSA) is 20.3 Å². The summed E-state index contributed by atoms with van der Waals surface area (Å²) in [7, 11) is 0. The maximum absolute atomic E-state index is 12.2. The van der Waals surface area contributed by atoms with Gasteiger partial charge in [0.25, 0.3) is 0 Å². The highest BCUT2D eigenvalue weighted by Crippen LogP contribution is 2.34. The Bertz CT molecular complexity index is 332. The lowest BCUT2D eigenvalue weighted by molar-refractivity contribution is -0.131. The van der Waals surface area contributed by atoms with Gasteiger partial charge in [-0.1, -0.05) is 32.3 Å². The summed E-state index contributed by atoms with van der Waals surface area (Å²) in [4.78, 5) is 14.4. The molecule has 1 aliphatic carbocycles. The van der Waals surface area contributed by atoms with Gasteiger partial charge in [0.2, 0.25) is 5.91 Å². The molecule has 1 fully saturated rings. The molecule has 102 valence electrons. The first-order chi connectivity index (χ1) is 8.58. The predicted octanol–water partition coefficient (Wildman–Crippen LogP) is 3.77. The Balaban J connectivity index is 2.07. The van der Waals surface area contributed by atoms with Gasteiger partial charge in [0, 0.05) is 18.7 Å².